The van der Waals surface area contributed by atoms with Crippen LogP contribution >= 0.6 is 0 Å². The summed E-state index contributed by atoms with van der Waals surface area (Å²) in [7, 11) is 5.59. The van der Waals surface area contributed by atoms with E-state index in [0.29, 0.717) is 23.4 Å². The molecule has 1 aliphatic carbocycles. The molecule has 1 fully saturated rings. The third kappa shape index (κ3) is 5.26. The summed E-state index contributed by atoms with van der Waals surface area (Å²) < 4.78 is 16.5. The number of hydrogen-bond acceptors (Lipinski definition) is 7. The maximum absolute atomic E-state index is 12.5. The maximum atomic E-state index is 12.5. The lowest BCUT2D eigenvalue weighted by Gasteiger charge is -2.23. The maximum Gasteiger partial charge on any atom is 0.408 e. The van der Waals surface area contributed by atoms with Crippen LogP contribution in [0.1, 0.15) is 63.0 Å². The van der Waals surface area contributed by atoms with Crippen molar-refractivity contribution in [2.75, 3.05) is 21.2 Å². The summed E-state index contributed by atoms with van der Waals surface area (Å²) in [6.45, 7) is 5.44. The van der Waals surface area contributed by atoms with E-state index in [0.717, 1.165) is 18.4 Å². The topological polar surface area (TPSA) is 89.7 Å². The van der Waals surface area contributed by atoms with Crippen LogP contribution in [0.4, 0.5) is 4.79 Å². The van der Waals surface area contributed by atoms with Gasteiger partial charge in [0.1, 0.15) is 17.4 Å². The molecule has 0 radical (unpaired) electrons. The Morgan fingerprint density at radius 2 is 1.97 bits per heavy atom. The Balaban J connectivity index is 1.94. The Morgan fingerprint density at radius 3 is 2.55 bits per heavy atom. The van der Waals surface area contributed by atoms with E-state index in [4.69, 9.17) is 14.0 Å². The van der Waals surface area contributed by atoms with E-state index in [2.05, 4.69) is 20.4 Å². The quantitative estimate of drug-likeness (QED) is 0.755. The zero-order valence-electron chi connectivity index (χ0n) is 17.9. The van der Waals surface area contributed by atoms with Crippen LogP contribution in [0.3, 0.4) is 0 Å². The molecule has 8 heteroatoms. The SMILES string of the molecule is COc1ccccc1[C@@H](NC(=O)OC(C)(C)C)c1noc([C@@H](C2CC2)N(C)C)n1. The fraction of sp³-hybridized carbons (Fsp3) is 0.571. The van der Waals surface area contributed by atoms with Crippen molar-refractivity contribution in [3.63, 3.8) is 0 Å². The summed E-state index contributed by atoms with van der Waals surface area (Å²) in [6, 6.07) is 6.82. The van der Waals surface area contributed by atoms with Gasteiger partial charge in [-0.15, -0.1) is 0 Å². The number of para-hydroxylation sites is 1. The molecule has 1 N–H and O–H groups in total. The molecule has 1 heterocycles. The number of hydrogen-bond donors (Lipinski definition) is 1. The lowest BCUT2D eigenvalue weighted by molar-refractivity contribution is 0.0509. The number of rotatable bonds is 7. The zero-order chi connectivity index (χ0) is 21.2. The van der Waals surface area contributed by atoms with Crippen molar-refractivity contribution >= 4 is 6.09 Å². The van der Waals surface area contributed by atoms with Crippen molar-refractivity contribution in [1.29, 1.82) is 0 Å². The third-order valence-corrected chi connectivity index (χ3v) is 4.70. The summed E-state index contributed by atoms with van der Waals surface area (Å²) in [5.74, 6) is 2.05. The van der Waals surface area contributed by atoms with Crippen molar-refractivity contribution in [3.05, 3.63) is 41.5 Å². The molecule has 0 bridgehead atoms. The lowest BCUT2D eigenvalue weighted by atomic mass is 10.0. The first-order chi connectivity index (χ1) is 13.7. The number of benzene rings is 1. The first-order valence-electron chi connectivity index (χ1n) is 9.82. The number of carbonyl (C=O) groups excluding carboxylic acids is 1. The molecule has 1 amide bonds. The van der Waals surface area contributed by atoms with Crippen LogP contribution in [0.5, 0.6) is 5.75 Å². The molecule has 1 aliphatic rings. The minimum absolute atomic E-state index is 0.0658. The van der Waals surface area contributed by atoms with Crippen LogP contribution in [0, 0.1) is 5.92 Å². The van der Waals surface area contributed by atoms with Gasteiger partial charge in [0.25, 0.3) is 0 Å². The van der Waals surface area contributed by atoms with Crippen LogP contribution in [-0.2, 0) is 4.74 Å². The van der Waals surface area contributed by atoms with Crippen LogP contribution < -0.4 is 10.1 Å². The van der Waals surface area contributed by atoms with Gasteiger partial charge >= 0.3 is 6.09 Å². The summed E-state index contributed by atoms with van der Waals surface area (Å²) in [5, 5.41) is 7.06. The molecule has 0 spiro atoms. The van der Waals surface area contributed by atoms with Gasteiger partial charge in [-0.1, -0.05) is 23.4 Å². The smallest absolute Gasteiger partial charge is 0.408 e. The summed E-state index contributed by atoms with van der Waals surface area (Å²) in [4.78, 5) is 19.3. The second-order valence-corrected chi connectivity index (χ2v) is 8.56. The number of nitrogens with one attached hydrogen (secondary N) is 1. The highest BCUT2D eigenvalue weighted by Crippen LogP contribution is 2.43. The highest BCUT2D eigenvalue weighted by atomic mass is 16.6. The predicted octanol–water partition coefficient (Wildman–Crippen LogP) is 3.71. The zero-order valence-corrected chi connectivity index (χ0v) is 17.9. The molecule has 1 saturated carbocycles. The molecule has 2 atom stereocenters. The van der Waals surface area contributed by atoms with Gasteiger partial charge in [0, 0.05) is 5.56 Å². The van der Waals surface area contributed by atoms with Gasteiger partial charge in [-0.05, 0) is 59.7 Å². The van der Waals surface area contributed by atoms with Crippen molar-refractivity contribution in [3.8, 4) is 5.75 Å². The van der Waals surface area contributed by atoms with Gasteiger partial charge in [0.05, 0.1) is 13.2 Å². The summed E-state index contributed by atoms with van der Waals surface area (Å²) in [6.07, 6.45) is 1.73. The number of aromatic nitrogens is 2. The average Bonchev–Trinajstić information content (AvgIpc) is 3.34. The van der Waals surface area contributed by atoms with Gasteiger partial charge in [-0.25, -0.2) is 4.79 Å². The van der Waals surface area contributed by atoms with E-state index >= 15 is 0 Å². The van der Waals surface area contributed by atoms with Crippen molar-refractivity contribution in [2.45, 2.75) is 51.3 Å². The van der Waals surface area contributed by atoms with Gasteiger partial charge < -0.3 is 19.3 Å². The van der Waals surface area contributed by atoms with Gasteiger partial charge in [0.15, 0.2) is 5.82 Å². The summed E-state index contributed by atoms with van der Waals surface area (Å²) in [5.41, 5.74) is 0.0980. The molecule has 0 saturated heterocycles. The molecule has 29 heavy (non-hydrogen) atoms. The molecule has 1 aromatic heterocycles. The van der Waals surface area contributed by atoms with Gasteiger partial charge in [0.2, 0.25) is 5.89 Å². The van der Waals surface area contributed by atoms with Gasteiger partial charge in [-0.3, -0.25) is 4.90 Å². The molecule has 1 aromatic carbocycles. The molecular weight excluding hydrogens is 372 g/mol. The fourth-order valence-corrected chi connectivity index (χ4v) is 3.35. The second-order valence-electron chi connectivity index (χ2n) is 8.56. The average molecular weight is 402 g/mol. The Labute approximate surface area is 171 Å². The van der Waals surface area contributed by atoms with E-state index in [9.17, 15) is 4.79 Å². The fourth-order valence-electron chi connectivity index (χ4n) is 3.35. The number of nitrogens with zero attached hydrogens (tertiary/aromatic N) is 3. The second kappa shape index (κ2) is 8.41. The van der Waals surface area contributed by atoms with Crippen molar-refractivity contribution < 1.29 is 18.8 Å². The Bertz CT molecular complexity index is 837. The van der Waals surface area contributed by atoms with E-state index in [-0.39, 0.29) is 6.04 Å². The van der Waals surface area contributed by atoms with E-state index in [1.807, 2.05) is 59.1 Å². The predicted molar refractivity (Wildman–Crippen MR) is 108 cm³/mol. The highest BCUT2D eigenvalue weighted by Gasteiger charge is 2.38. The van der Waals surface area contributed by atoms with Crippen LogP contribution in [0.2, 0.25) is 0 Å². The number of methoxy groups -OCH3 is 1. The molecule has 2 aromatic rings. The Hall–Kier alpha value is -2.61. The highest BCUT2D eigenvalue weighted by molar-refractivity contribution is 5.69. The molecule has 0 aliphatic heterocycles. The number of alkyl carbamates (subject to hydrolysis) is 1. The standard InChI is InChI=1S/C21H30N4O4/c1-21(2,3)28-20(26)22-16(14-9-7-8-10-15(14)27-6)18-23-19(29-24-18)17(25(4)5)13-11-12-13/h7-10,13,16-17H,11-12H2,1-6H3,(H,22,26)/t16-,17-/m1/s1. The first-order valence-corrected chi connectivity index (χ1v) is 9.82. The third-order valence-electron chi connectivity index (χ3n) is 4.70. The van der Waals surface area contributed by atoms with Gasteiger partial charge in [-0.2, -0.15) is 4.98 Å². The largest absolute Gasteiger partial charge is 0.496 e. The van der Waals surface area contributed by atoms with E-state index < -0.39 is 17.7 Å². The normalized spacial score (nSPS) is 16.4. The molecule has 0 unspecified atom stereocenters. The monoisotopic (exact) mass is 402 g/mol. The van der Waals surface area contributed by atoms with Crippen LogP contribution in [0.25, 0.3) is 0 Å². The van der Waals surface area contributed by atoms with Crippen molar-refractivity contribution in [2.24, 2.45) is 5.92 Å². The Kier molecular flexibility index (Phi) is 6.12. The number of amides is 1. The molecule has 3 rings (SSSR count). The van der Waals surface area contributed by atoms with Crippen LogP contribution in [0.15, 0.2) is 28.8 Å². The summed E-state index contributed by atoms with van der Waals surface area (Å²) >= 11 is 0. The van der Waals surface area contributed by atoms with E-state index in [1.165, 1.54) is 0 Å². The number of carbonyl (C=O) groups is 1. The first kappa shape index (κ1) is 21.1. The molecular formula is C21H30N4O4. The molecule has 8 nitrogen and oxygen atoms in total. The van der Waals surface area contributed by atoms with Crippen LogP contribution in [-0.4, -0.2) is 47.9 Å². The minimum Gasteiger partial charge on any atom is -0.496 e. The molecule has 158 valence electrons. The van der Waals surface area contributed by atoms with E-state index in [1.54, 1.807) is 7.11 Å². The Morgan fingerprint density at radius 1 is 1.28 bits per heavy atom. The lowest BCUT2D eigenvalue weighted by Crippen LogP contribution is -2.36. The van der Waals surface area contributed by atoms with Crippen molar-refractivity contribution in [1.82, 2.24) is 20.4 Å². The minimum atomic E-state index is -0.666. The number of ether oxygens (including phenoxy) is 2.